The highest BCUT2D eigenvalue weighted by atomic mass is 32.2. The van der Waals surface area contributed by atoms with Gasteiger partial charge >= 0.3 is 5.97 Å². The monoisotopic (exact) mass is 547 g/mol. The number of thiazole rings is 1. The van der Waals surface area contributed by atoms with Crippen molar-refractivity contribution in [2.24, 2.45) is 4.99 Å². The SMILES string of the molecule is CSc1ccc([C@@H]2C(C(=O)OC(C)C)=C(C)N=c3s/c(=C4\C(=O)N(C(C)C)c5ccccc54)c(=O)n32)cc1. The van der Waals surface area contributed by atoms with Crippen LogP contribution < -0.4 is 19.8 Å². The smallest absolute Gasteiger partial charge is 0.338 e. The molecule has 38 heavy (non-hydrogen) atoms. The summed E-state index contributed by atoms with van der Waals surface area (Å²) in [6, 6.07) is 14.5. The fraction of sp³-hybridized carbons (Fsp3) is 0.310. The number of anilines is 1. The second-order valence-corrected chi connectivity index (χ2v) is 11.6. The van der Waals surface area contributed by atoms with Crippen LogP contribution in [0.1, 0.15) is 51.8 Å². The van der Waals surface area contributed by atoms with E-state index in [-0.39, 0.29) is 23.6 Å². The highest BCUT2D eigenvalue weighted by Crippen LogP contribution is 2.37. The van der Waals surface area contributed by atoms with Crippen molar-refractivity contribution in [3.8, 4) is 0 Å². The summed E-state index contributed by atoms with van der Waals surface area (Å²) in [6.45, 7) is 9.24. The number of para-hydroxylation sites is 1. The Balaban J connectivity index is 1.80. The second-order valence-electron chi connectivity index (χ2n) is 9.79. The molecule has 0 aliphatic carbocycles. The summed E-state index contributed by atoms with van der Waals surface area (Å²) in [6.07, 6.45) is 1.66. The summed E-state index contributed by atoms with van der Waals surface area (Å²) < 4.78 is 7.44. The lowest BCUT2D eigenvalue weighted by atomic mass is 9.96. The van der Waals surface area contributed by atoms with Gasteiger partial charge in [-0.25, -0.2) is 9.79 Å². The lowest BCUT2D eigenvalue weighted by Crippen LogP contribution is -2.41. The molecule has 3 aromatic rings. The van der Waals surface area contributed by atoms with Gasteiger partial charge in [0.1, 0.15) is 4.53 Å². The molecule has 0 bridgehead atoms. The average Bonchev–Trinajstić information content (AvgIpc) is 3.35. The molecule has 2 aliphatic rings. The normalized spacial score (nSPS) is 18.2. The molecular weight excluding hydrogens is 518 g/mol. The molecule has 0 radical (unpaired) electrons. The molecule has 5 rings (SSSR count). The van der Waals surface area contributed by atoms with Crippen LogP contribution in [0.5, 0.6) is 0 Å². The van der Waals surface area contributed by atoms with Crippen LogP contribution in [0.4, 0.5) is 5.69 Å². The maximum atomic E-state index is 14.2. The van der Waals surface area contributed by atoms with Gasteiger partial charge in [-0.15, -0.1) is 11.8 Å². The molecule has 7 nitrogen and oxygen atoms in total. The van der Waals surface area contributed by atoms with Gasteiger partial charge in [0.05, 0.1) is 34.7 Å². The number of ether oxygens (including phenoxy) is 1. The Morgan fingerprint density at radius 2 is 1.74 bits per heavy atom. The van der Waals surface area contributed by atoms with E-state index in [0.717, 1.165) is 21.7 Å². The first-order valence-electron chi connectivity index (χ1n) is 12.5. The Morgan fingerprint density at radius 1 is 1.05 bits per heavy atom. The van der Waals surface area contributed by atoms with Crippen molar-refractivity contribution >= 4 is 46.2 Å². The number of esters is 1. The van der Waals surface area contributed by atoms with Crippen molar-refractivity contribution in [2.75, 3.05) is 11.2 Å². The number of rotatable bonds is 5. The summed E-state index contributed by atoms with van der Waals surface area (Å²) in [5.41, 5.74) is 3.13. The molecular formula is C29H29N3O4S2. The molecule has 0 N–H and O–H groups in total. The largest absolute Gasteiger partial charge is 0.459 e. The standard InChI is InChI=1S/C29H29N3O4S2/c1-15(2)31-21-10-8-7-9-20(21)23(26(31)33)25-27(34)32-24(18-11-13-19(37-6)14-12-18)22(28(35)36-16(3)4)17(5)30-29(32)38-25/h7-16,24H,1-6H3/b25-23-/t24-/m1/s1. The predicted octanol–water partition coefficient (Wildman–Crippen LogP) is 4.03. The minimum absolute atomic E-state index is 0.0767. The number of nitrogens with zero attached hydrogens (tertiary/aromatic N) is 3. The average molecular weight is 548 g/mol. The molecule has 0 saturated heterocycles. The van der Waals surface area contributed by atoms with E-state index in [1.54, 1.807) is 42.0 Å². The minimum Gasteiger partial charge on any atom is -0.459 e. The van der Waals surface area contributed by atoms with Crippen molar-refractivity contribution < 1.29 is 14.3 Å². The van der Waals surface area contributed by atoms with E-state index >= 15 is 0 Å². The molecule has 0 saturated carbocycles. The number of hydrogen-bond donors (Lipinski definition) is 0. The molecule has 1 aromatic heterocycles. The number of benzene rings is 2. The minimum atomic E-state index is -0.726. The Morgan fingerprint density at radius 3 is 2.37 bits per heavy atom. The first-order chi connectivity index (χ1) is 18.1. The summed E-state index contributed by atoms with van der Waals surface area (Å²) in [4.78, 5) is 49.1. The van der Waals surface area contributed by atoms with Gasteiger partial charge in [-0.1, -0.05) is 41.7 Å². The molecule has 0 unspecified atom stereocenters. The van der Waals surface area contributed by atoms with Crippen LogP contribution in [0.3, 0.4) is 0 Å². The molecule has 2 aliphatic heterocycles. The van der Waals surface area contributed by atoms with Gasteiger partial charge in [0.15, 0.2) is 4.80 Å². The zero-order valence-corrected chi connectivity index (χ0v) is 23.8. The summed E-state index contributed by atoms with van der Waals surface area (Å²) in [5, 5.41) is 0. The van der Waals surface area contributed by atoms with Gasteiger partial charge in [-0.3, -0.25) is 14.2 Å². The Hall–Kier alpha value is -3.43. The summed E-state index contributed by atoms with van der Waals surface area (Å²) >= 11 is 2.80. The third-order valence-electron chi connectivity index (χ3n) is 6.60. The molecule has 9 heteroatoms. The number of amides is 1. The number of fused-ring (bicyclic) bond motifs is 2. The number of aromatic nitrogens is 1. The topological polar surface area (TPSA) is 81.0 Å². The number of carbonyl (C=O) groups excluding carboxylic acids is 2. The van der Waals surface area contributed by atoms with Crippen molar-refractivity contribution in [1.29, 1.82) is 0 Å². The van der Waals surface area contributed by atoms with Gasteiger partial charge < -0.3 is 9.64 Å². The Kier molecular flexibility index (Phi) is 6.92. The van der Waals surface area contributed by atoms with Crippen molar-refractivity contribution in [3.63, 3.8) is 0 Å². The highest BCUT2D eigenvalue weighted by Gasteiger charge is 2.38. The maximum absolute atomic E-state index is 14.2. The third-order valence-corrected chi connectivity index (χ3v) is 8.40. The number of allylic oxidation sites excluding steroid dienone is 1. The second kappa shape index (κ2) is 10.0. The van der Waals surface area contributed by atoms with E-state index in [0.29, 0.717) is 26.2 Å². The fourth-order valence-electron chi connectivity index (χ4n) is 4.98. The maximum Gasteiger partial charge on any atom is 0.338 e. The van der Waals surface area contributed by atoms with Crippen LogP contribution in [-0.2, 0) is 14.3 Å². The summed E-state index contributed by atoms with van der Waals surface area (Å²) in [7, 11) is 0. The van der Waals surface area contributed by atoms with E-state index in [9.17, 15) is 14.4 Å². The Bertz CT molecular complexity index is 1660. The molecule has 1 atom stereocenters. The van der Waals surface area contributed by atoms with Crippen LogP contribution in [0.2, 0.25) is 0 Å². The zero-order chi connectivity index (χ0) is 27.3. The van der Waals surface area contributed by atoms with Gasteiger partial charge in [0.2, 0.25) is 0 Å². The van der Waals surface area contributed by atoms with E-state index in [2.05, 4.69) is 4.99 Å². The van der Waals surface area contributed by atoms with Gasteiger partial charge in [0.25, 0.3) is 11.5 Å². The lowest BCUT2D eigenvalue weighted by molar-refractivity contribution is -0.143. The number of thioether (sulfide) groups is 1. The van der Waals surface area contributed by atoms with Gasteiger partial charge in [0, 0.05) is 16.5 Å². The van der Waals surface area contributed by atoms with Crippen LogP contribution in [0.15, 0.2) is 74.5 Å². The van der Waals surface area contributed by atoms with E-state index in [1.165, 1.54) is 11.3 Å². The molecule has 2 aromatic carbocycles. The first-order valence-corrected chi connectivity index (χ1v) is 14.5. The van der Waals surface area contributed by atoms with Crippen LogP contribution >= 0.6 is 23.1 Å². The molecule has 196 valence electrons. The molecule has 0 spiro atoms. The summed E-state index contributed by atoms with van der Waals surface area (Å²) in [5.74, 6) is -0.714. The van der Waals surface area contributed by atoms with Crippen LogP contribution in [0, 0.1) is 0 Å². The number of hydrogen-bond acceptors (Lipinski definition) is 7. The van der Waals surface area contributed by atoms with Crippen molar-refractivity contribution in [3.05, 3.63) is 90.6 Å². The Labute approximate surface area is 229 Å². The van der Waals surface area contributed by atoms with Gasteiger partial charge in [-0.05, 0) is 64.6 Å². The van der Waals surface area contributed by atoms with Crippen LogP contribution in [-0.4, -0.2) is 34.8 Å². The van der Waals surface area contributed by atoms with E-state index in [4.69, 9.17) is 4.74 Å². The van der Waals surface area contributed by atoms with Gasteiger partial charge in [-0.2, -0.15) is 0 Å². The fourth-order valence-corrected chi connectivity index (χ4v) is 6.53. The predicted molar refractivity (Wildman–Crippen MR) is 151 cm³/mol. The molecule has 1 amide bonds. The molecule has 0 fully saturated rings. The molecule has 3 heterocycles. The third kappa shape index (κ3) is 4.23. The first kappa shape index (κ1) is 26.2. The van der Waals surface area contributed by atoms with Crippen molar-refractivity contribution in [1.82, 2.24) is 4.57 Å². The van der Waals surface area contributed by atoms with E-state index in [1.807, 2.05) is 68.6 Å². The quantitative estimate of drug-likeness (QED) is 0.356. The van der Waals surface area contributed by atoms with E-state index < -0.39 is 12.0 Å². The highest BCUT2D eigenvalue weighted by molar-refractivity contribution is 7.98. The van der Waals surface area contributed by atoms with Crippen LogP contribution in [0.25, 0.3) is 5.57 Å². The lowest BCUT2D eigenvalue weighted by Gasteiger charge is -2.25. The van der Waals surface area contributed by atoms with Crippen molar-refractivity contribution in [2.45, 2.75) is 57.7 Å². The number of carbonyl (C=O) groups is 2. The zero-order valence-electron chi connectivity index (χ0n) is 22.1.